The number of rotatable bonds is 7. The number of anilines is 1. The van der Waals surface area contributed by atoms with Crippen LogP contribution in [0.2, 0.25) is 0 Å². The van der Waals surface area contributed by atoms with Crippen molar-refractivity contribution in [3.63, 3.8) is 0 Å². The molecule has 3 aromatic rings. The van der Waals surface area contributed by atoms with Gasteiger partial charge in [0.05, 0.1) is 32.6 Å². The highest BCUT2D eigenvalue weighted by Crippen LogP contribution is 2.39. The third kappa shape index (κ3) is 3.71. The molecule has 0 unspecified atom stereocenters. The van der Waals surface area contributed by atoms with Crippen molar-refractivity contribution in [2.24, 2.45) is 12.1 Å². The van der Waals surface area contributed by atoms with Crippen molar-refractivity contribution in [1.29, 1.82) is 5.26 Å². The number of methoxy groups -OCH3 is 3. The van der Waals surface area contributed by atoms with Crippen molar-refractivity contribution in [1.82, 2.24) is 4.57 Å². The molecule has 8 heteroatoms. The molecule has 0 aliphatic heterocycles. The second-order valence-electron chi connectivity index (χ2n) is 6.10. The largest absolute Gasteiger partial charge is 0.493 e. The molecule has 3 rings (SSSR count). The molecule has 8 nitrogen and oxygen atoms in total. The zero-order valence-electron chi connectivity index (χ0n) is 16.5. The third-order valence-electron chi connectivity index (χ3n) is 4.42. The Morgan fingerprint density at radius 1 is 1.10 bits per heavy atom. The molecular weight excluding hydrogens is 372 g/mol. The Hall–Kier alpha value is -3.99. The average molecular weight is 392 g/mol. The maximum Gasteiger partial charge on any atom is 0.226 e. The monoisotopic (exact) mass is 392 g/mol. The highest BCUT2D eigenvalue weighted by Gasteiger charge is 2.20. The molecule has 148 valence electrons. The molecule has 0 bridgehead atoms. The molecule has 0 spiro atoms. The van der Waals surface area contributed by atoms with Crippen LogP contribution in [0.25, 0.3) is 10.9 Å². The summed E-state index contributed by atoms with van der Waals surface area (Å²) in [5.74, 6) is 0.799. The molecule has 0 fully saturated rings. The first-order chi connectivity index (χ1) is 14.0. The summed E-state index contributed by atoms with van der Waals surface area (Å²) in [4.78, 5) is 12.9. The molecule has 0 saturated carbocycles. The normalized spacial score (nSPS) is 11.1. The number of Topliss-reactive ketones (excluding diaryl/α,β-unsaturated/α-hetero) is 1. The molecular formula is C21H20N4O4. The molecule has 0 amide bonds. The molecule has 2 aromatic carbocycles. The number of aryl methyl sites for hydroxylation is 1. The van der Waals surface area contributed by atoms with Gasteiger partial charge in [0.2, 0.25) is 17.2 Å². The van der Waals surface area contributed by atoms with Gasteiger partial charge in [-0.2, -0.15) is 10.4 Å². The van der Waals surface area contributed by atoms with Crippen LogP contribution in [0, 0.1) is 11.3 Å². The molecule has 0 aliphatic rings. The van der Waals surface area contributed by atoms with E-state index in [9.17, 15) is 10.1 Å². The van der Waals surface area contributed by atoms with E-state index in [-0.39, 0.29) is 5.71 Å². The van der Waals surface area contributed by atoms with Gasteiger partial charge in [-0.05, 0) is 6.07 Å². The van der Waals surface area contributed by atoms with E-state index < -0.39 is 5.78 Å². The van der Waals surface area contributed by atoms with E-state index in [0.29, 0.717) is 28.5 Å². The van der Waals surface area contributed by atoms with Crippen LogP contribution in [0.3, 0.4) is 0 Å². The number of aromatic nitrogens is 1. The summed E-state index contributed by atoms with van der Waals surface area (Å²) in [6.07, 6.45) is 1.69. The number of nitriles is 1. The van der Waals surface area contributed by atoms with Crippen LogP contribution >= 0.6 is 0 Å². The van der Waals surface area contributed by atoms with Gasteiger partial charge < -0.3 is 18.8 Å². The summed E-state index contributed by atoms with van der Waals surface area (Å²) in [6.45, 7) is 0. The zero-order valence-corrected chi connectivity index (χ0v) is 16.5. The summed E-state index contributed by atoms with van der Waals surface area (Å²) in [6, 6.07) is 12.6. The van der Waals surface area contributed by atoms with Gasteiger partial charge in [0.25, 0.3) is 0 Å². The number of hydrazone groups is 1. The van der Waals surface area contributed by atoms with Crippen LogP contribution < -0.4 is 19.6 Å². The number of carbonyl (C=O) groups is 1. The number of nitrogens with zero attached hydrogens (tertiary/aromatic N) is 3. The first kappa shape index (κ1) is 19.8. The summed E-state index contributed by atoms with van der Waals surface area (Å²) >= 11 is 0. The second kappa shape index (κ2) is 8.35. The molecule has 1 aromatic heterocycles. The lowest BCUT2D eigenvalue weighted by Crippen LogP contribution is -2.14. The van der Waals surface area contributed by atoms with Gasteiger partial charge in [0.1, 0.15) is 6.07 Å². The van der Waals surface area contributed by atoms with Crippen LogP contribution in [0.4, 0.5) is 5.69 Å². The fourth-order valence-electron chi connectivity index (χ4n) is 3.04. The fourth-order valence-corrected chi connectivity index (χ4v) is 3.04. The number of ketones is 1. The van der Waals surface area contributed by atoms with E-state index in [0.717, 1.165) is 10.9 Å². The number of benzene rings is 2. The minimum Gasteiger partial charge on any atom is -0.493 e. The smallest absolute Gasteiger partial charge is 0.226 e. The van der Waals surface area contributed by atoms with Crippen molar-refractivity contribution >= 4 is 28.1 Å². The maximum absolute atomic E-state index is 12.9. The number of hydrogen-bond donors (Lipinski definition) is 1. The minimum absolute atomic E-state index is 0.268. The lowest BCUT2D eigenvalue weighted by atomic mass is 10.1. The van der Waals surface area contributed by atoms with Gasteiger partial charge in [0.15, 0.2) is 11.5 Å². The predicted octanol–water partition coefficient (Wildman–Crippen LogP) is 3.38. The number of ether oxygens (including phenoxy) is 3. The second-order valence-corrected chi connectivity index (χ2v) is 6.10. The molecule has 29 heavy (non-hydrogen) atoms. The van der Waals surface area contributed by atoms with E-state index >= 15 is 0 Å². The molecule has 1 heterocycles. The van der Waals surface area contributed by atoms with Crippen molar-refractivity contribution in [2.75, 3.05) is 26.8 Å². The summed E-state index contributed by atoms with van der Waals surface area (Å²) in [7, 11) is 6.34. The van der Waals surface area contributed by atoms with Gasteiger partial charge in [-0.25, -0.2) is 0 Å². The van der Waals surface area contributed by atoms with Crippen LogP contribution in [-0.4, -0.2) is 37.4 Å². The lowest BCUT2D eigenvalue weighted by molar-refractivity contribution is 0.106. The molecule has 0 saturated heterocycles. The minimum atomic E-state index is -0.468. The van der Waals surface area contributed by atoms with E-state index in [2.05, 4.69) is 10.5 Å². The maximum atomic E-state index is 12.9. The number of nitrogens with one attached hydrogen (secondary N) is 1. The SMILES string of the molecule is COc1cc(N/N=C(\C#N)C(=O)c2cn(C)c3ccccc23)cc(OC)c1OC. The highest BCUT2D eigenvalue weighted by molar-refractivity contribution is 6.53. The van der Waals surface area contributed by atoms with Crippen LogP contribution in [-0.2, 0) is 7.05 Å². The van der Waals surface area contributed by atoms with Crippen LogP contribution in [0.5, 0.6) is 17.2 Å². The van der Waals surface area contributed by atoms with Gasteiger partial charge in [-0.3, -0.25) is 10.2 Å². The third-order valence-corrected chi connectivity index (χ3v) is 4.42. The quantitative estimate of drug-likeness (QED) is 0.376. The Bertz CT molecular complexity index is 1120. The van der Waals surface area contributed by atoms with Crippen molar-refractivity contribution < 1.29 is 19.0 Å². The Morgan fingerprint density at radius 3 is 2.34 bits per heavy atom. The Morgan fingerprint density at radius 2 is 1.76 bits per heavy atom. The number of carbonyl (C=O) groups excluding carboxylic acids is 1. The fraction of sp³-hybridized carbons (Fsp3) is 0.190. The molecule has 0 atom stereocenters. The van der Waals surface area contributed by atoms with Crippen molar-refractivity contribution in [3.05, 3.63) is 48.2 Å². The van der Waals surface area contributed by atoms with E-state index in [1.807, 2.05) is 41.9 Å². The predicted molar refractivity (Wildman–Crippen MR) is 110 cm³/mol. The van der Waals surface area contributed by atoms with Crippen molar-refractivity contribution in [3.8, 4) is 23.3 Å². The zero-order chi connectivity index (χ0) is 21.0. The summed E-state index contributed by atoms with van der Waals surface area (Å²) in [5.41, 5.74) is 4.23. The Balaban J connectivity index is 1.95. The number of hydrogen-bond acceptors (Lipinski definition) is 7. The van der Waals surface area contributed by atoms with Crippen molar-refractivity contribution in [2.45, 2.75) is 0 Å². The standard InChI is InChI=1S/C21H20N4O4/c1-25-12-15(14-7-5-6-8-17(14)25)20(26)16(11-22)24-23-13-9-18(27-2)21(29-4)19(10-13)28-3/h5-10,12,23H,1-4H3/b24-16+. The molecule has 1 N–H and O–H groups in total. The molecule has 0 aliphatic carbocycles. The van der Waals surface area contributed by atoms with Gasteiger partial charge in [0, 0.05) is 36.3 Å². The van der Waals surface area contributed by atoms with E-state index in [4.69, 9.17) is 14.2 Å². The van der Waals surface area contributed by atoms with E-state index in [1.54, 1.807) is 18.3 Å². The lowest BCUT2D eigenvalue weighted by Gasteiger charge is -2.13. The summed E-state index contributed by atoms with van der Waals surface area (Å²) in [5, 5.41) is 14.2. The topological polar surface area (TPSA) is 97.9 Å². The first-order valence-corrected chi connectivity index (χ1v) is 8.66. The van der Waals surface area contributed by atoms with Gasteiger partial charge in [-0.15, -0.1) is 0 Å². The van der Waals surface area contributed by atoms with Gasteiger partial charge >= 0.3 is 0 Å². The number of para-hydroxylation sites is 1. The number of fused-ring (bicyclic) bond motifs is 1. The molecule has 0 radical (unpaired) electrons. The van der Waals surface area contributed by atoms with Crippen LogP contribution in [0.15, 0.2) is 47.7 Å². The highest BCUT2D eigenvalue weighted by atomic mass is 16.5. The Kier molecular flexibility index (Phi) is 5.69. The average Bonchev–Trinajstić information content (AvgIpc) is 3.09. The van der Waals surface area contributed by atoms with Crippen LogP contribution in [0.1, 0.15) is 10.4 Å². The Labute approximate surface area is 167 Å². The van der Waals surface area contributed by atoms with Gasteiger partial charge in [-0.1, -0.05) is 18.2 Å². The summed E-state index contributed by atoms with van der Waals surface area (Å²) < 4.78 is 17.7. The van der Waals surface area contributed by atoms with E-state index in [1.165, 1.54) is 21.3 Å². The first-order valence-electron chi connectivity index (χ1n) is 8.66.